The summed E-state index contributed by atoms with van der Waals surface area (Å²) in [5, 5.41) is 11.3. The van der Waals surface area contributed by atoms with Crippen molar-refractivity contribution < 1.29 is 4.52 Å². The van der Waals surface area contributed by atoms with Gasteiger partial charge in [0.25, 0.3) is 0 Å². The lowest BCUT2D eigenvalue weighted by atomic mass is 10.2. The van der Waals surface area contributed by atoms with Crippen LogP contribution < -0.4 is 10.6 Å². The largest absolute Gasteiger partial charge is 0.357 e. The number of halogens is 2. The maximum absolute atomic E-state index is 6.00. The Bertz CT molecular complexity index is 690. The molecule has 0 saturated heterocycles. The molecule has 2 rings (SSSR count). The van der Waals surface area contributed by atoms with Crippen LogP contribution in [0.3, 0.4) is 0 Å². The molecule has 2 aromatic rings. The van der Waals surface area contributed by atoms with Gasteiger partial charge in [0.15, 0.2) is 11.8 Å². The van der Waals surface area contributed by atoms with Gasteiger partial charge in [-0.2, -0.15) is 4.98 Å². The summed E-state index contributed by atoms with van der Waals surface area (Å²) in [7, 11) is 0. The van der Waals surface area contributed by atoms with E-state index in [1.54, 1.807) is 0 Å². The Balaban J connectivity index is 0.00000338. The van der Waals surface area contributed by atoms with Gasteiger partial charge in [0.1, 0.15) is 0 Å². The third-order valence-corrected chi connectivity index (χ3v) is 3.75. The molecule has 2 N–H and O–H groups in total. The second-order valence-corrected chi connectivity index (χ2v) is 6.49. The summed E-state index contributed by atoms with van der Waals surface area (Å²) >= 11 is 6.00. The fourth-order valence-corrected chi connectivity index (χ4v) is 2.41. The Labute approximate surface area is 177 Å². The van der Waals surface area contributed by atoms with Crippen LogP contribution in [0.25, 0.3) is 0 Å². The predicted molar refractivity (Wildman–Crippen MR) is 116 cm³/mol. The van der Waals surface area contributed by atoms with Gasteiger partial charge in [-0.3, -0.25) is 0 Å². The van der Waals surface area contributed by atoms with E-state index in [0.717, 1.165) is 48.3 Å². The molecule has 6 nitrogen and oxygen atoms in total. The van der Waals surface area contributed by atoms with Crippen molar-refractivity contribution in [3.05, 3.63) is 46.6 Å². The number of hydrogen-bond donors (Lipinski definition) is 2. The van der Waals surface area contributed by atoms with Crippen molar-refractivity contribution >= 4 is 41.5 Å². The molecule has 0 aliphatic rings. The van der Waals surface area contributed by atoms with Crippen molar-refractivity contribution in [1.82, 2.24) is 20.8 Å². The van der Waals surface area contributed by atoms with E-state index in [4.69, 9.17) is 16.1 Å². The molecule has 0 saturated carbocycles. The van der Waals surface area contributed by atoms with Crippen LogP contribution >= 0.6 is 35.6 Å². The first-order valence-corrected chi connectivity index (χ1v) is 9.05. The van der Waals surface area contributed by atoms with E-state index in [0.29, 0.717) is 12.4 Å². The lowest BCUT2D eigenvalue weighted by Gasteiger charge is -2.10. The van der Waals surface area contributed by atoms with Crippen LogP contribution in [0.1, 0.15) is 50.4 Å². The second-order valence-electron chi connectivity index (χ2n) is 6.06. The summed E-state index contributed by atoms with van der Waals surface area (Å²) in [6, 6.07) is 7.74. The van der Waals surface area contributed by atoms with Gasteiger partial charge < -0.3 is 15.2 Å². The van der Waals surface area contributed by atoms with Gasteiger partial charge in [-0.15, -0.1) is 24.0 Å². The zero-order chi connectivity index (χ0) is 18.1. The molecule has 0 amide bonds. The standard InChI is InChI=1S/C18H26ClN5O.HI/c1-4-20-18(22-12-14-7-5-8-15(19)11-14)21-10-6-9-16-23-17(13(2)3)24-25-16;/h5,7-8,11,13H,4,6,9-10,12H2,1-3H3,(H2,20,21,22);1H. The monoisotopic (exact) mass is 491 g/mol. The maximum atomic E-state index is 6.00. The van der Waals surface area contributed by atoms with Gasteiger partial charge in [-0.25, -0.2) is 4.99 Å². The van der Waals surface area contributed by atoms with Gasteiger partial charge in [0.05, 0.1) is 6.54 Å². The lowest BCUT2D eigenvalue weighted by Crippen LogP contribution is -2.37. The molecule has 0 aliphatic heterocycles. The number of aryl methyl sites for hydroxylation is 1. The van der Waals surface area contributed by atoms with Gasteiger partial charge in [0, 0.05) is 30.5 Å². The number of aromatic nitrogens is 2. The van der Waals surface area contributed by atoms with Crippen molar-refractivity contribution in [1.29, 1.82) is 0 Å². The summed E-state index contributed by atoms with van der Waals surface area (Å²) in [5.74, 6) is 2.52. The van der Waals surface area contributed by atoms with E-state index < -0.39 is 0 Å². The molecule has 0 aliphatic carbocycles. The van der Waals surface area contributed by atoms with Crippen molar-refractivity contribution in [3.8, 4) is 0 Å². The summed E-state index contributed by atoms with van der Waals surface area (Å²) in [6.07, 6.45) is 1.64. The Kier molecular flexibility index (Phi) is 10.6. The molecular weight excluding hydrogens is 465 g/mol. The number of aliphatic imine (C=N–C) groups is 1. The molecule has 0 radical (unpaired) electrons. The zero-order valence-electron chi connectivity index (χ0n) is 15.5. The number of benzene rings is 1. The highest BCUT2D eigenvalue weighted by atomic mass is 127. The summed E-state index contributed by atoms with van der Waals surface area (Å²) in [6.45, 7) is 8.31. The third-order valence-electron chi connectivity index (χ3n) is 3.51. The molecule has 8 heteroatoms. The number of guanidine groups is 1. The van der Waals surface area contributed by atoms with E-state index in [1.165, 1.54) is 0 Å². The molecule has 0 atom stereocenters. The molecule has 0 bridgehead atoms. The van der Waals surface area contributed by atoms with E-state index in [9.17, 15) is 0 Å². The first kappa shape index (κ1) is 22.7. The quantitative estimate of drug-likeness (QED) is 0.251. The van der Waals surface area contributed by atoms with Crippen LogP contribution in [0.15, 0.2) is 33.8 Å². The van der Waals surface area contributed by atoms with Crippen LogP contribution in [0.2, 0.25) is 5.02 Å². The topological polar surface area (TPSA) is 75.3 Å². The smallest absolute Gasteiger partial charge is 0.226 e. The molecule has 1 aromatic heterocycles. The Morgan fingerprint density at radius 2 is 2.12 bits per heavy atom. The highest BCUT2D eigenvalue weighted by Gasteiger charge is 2.09. The zero-order valence-corrected chi connectivity index (χ0v) is 18.5. The molecule has 1 heterocycles. The van der Waals surface area contributed by atoms with Gasteiger partial charge in [-0.1, -0.05) is 42.7 Å². The summed E-state index contributed by atoms with van der Waals surface area (Å²) in [4.78, 5) is 8.96. The molecule has 0 unspecified atom stereocenters. The number of nitrogens with zero attached hydrogens (tertiary/aromatic N) is 3. The third kappa shape index (κ3) is 7.90. The molecule has 0 spiro atoms. The van der Waals surface area contributed by atoms with E-state index in [2.05, 4.69) is 39.6 Å². The summed E-state index contributed by atoms with van der Waals surface area (Å²) in [5.41, 5.74) is 1.08. The highest BCUT2D eigenvalue weighted by molar-refractivity contribution is 14.0. The Morgan fingerprint density at radius 1 is 1.31 bits per heavy atom. The van der Waals surface area contributed by atoms with Crippen molar-refractivity contribution in [3.63, 3.8) is 0 Å². The minimum atomic E-state index is 0. The normalized spacial score (nSPS) is 11.3. The van der Waals surface area contributed by atoms with Crippen molar-refractivity contribution in [2.24, 2.45) is 4.99 Å². The van der Waals surface area contributed by atoms with Gasteiger partial charge >= 0.3 is 0 Å². The number of nitrogens with one attached hydrogen (secondary N) is 2. The van der Waals surface area contributed by atoms with E-state index >= 15 is 0 Å². The molecule has 144 valence electrons. The number of rotatable bonds is 8. The Hall–Kier alpha value is -1.35. The van der Waals surface area contributed by atoms with E-state index in [1.807, 2.05) is 31.2 Å². The predicted octanol–water partition coefficient (Wildman–Crippen LogP) is 4.15. The fraction of sp³-hybridized carbons (Fsp3) is 0.500. The average Bonchev–Trinajstić information content (AvgIpc) is 3.06. The number of hydrogen-bond acceptors (Lipinski definition) is 4. The Morgan fingerprint density at radius 3 is 2.77 bits per heavy atom. The first-order valence-electron chi connectivity index (χ1n) is 8.67. The van der Waals surface area contributed by atoms with E-state index in [-0.39, 0.29) is 29.9 Å². The lowest BCUT2D eigenvalue weighted by molar-refractivity contribution is 0.368. The fourth-order valence-electron chi connectivity index (χ4n) is 2.20. The second kappa shape index (κ2) is 12.1. The first-order chi connectivity index (χ1) is 12.1. The van der Waals surface area contributed by atoms with Gasteiger partial charge in [-0.05, 0) is 31.0 Å². The average molecular weight is 492 g/mol. The van der Waals surface area contributed by atoms with Crippen LogP contribution in [0.4, 0.5) is 0 Å². The van der Waals surface area contributed by atoms with Crippen LogP contribution in [-0.4, -0.2) is 29.2 Å². The van der Waals surface area contributed by atoms with Gasteiger partial charge in [0.2, 0.25) is 5.89 Å². The molecule has 0 fully saturated rings. The molecule has 1 aromatic carbocycles. The minimum absolute atomic E-state index is 0. The molecule has 26 heavy (non-hydrogen) atoms. The van der Waals surface area contributed by atoms with Crippen molar-refractivity contribution in [2.75, 3.05) is 13.1 Å². The minimum Gasteiger partial charge on any atom is -0.357 e. The highest BCUT2D eigenvalue weighted by Crippen LogP contribution is 2.11. The molecular formula is C18H27ClIN5O. The maximum Gasteiger partial charge on any atom is 0.226 e. The van der Waals surface area contributed by atoms with Crippen LogP contribution in [-0.2, 0) is 13.0 Å². The van der Waals surface area contributed by atoms with Crippen molar-refractivity contribution in [2.45, 2.75) is 46.1 Å². The SMILES string of the molecule is CCNC(=NCc1cccc(Cl)c1)NCCCc1nc(C(C)C)no1.I. The van der Waals surface area contributed by atoms with Crippen LogP contribution in [0, 0.1) is 0 Å². The summed E-state index contributed by atoms with van der Waals surface area (Å²) < 4.78 is 5.25. The van der Waals surface area contributed by atoms with Crippen LogP contribution in [0.5, 0.6) is 0 Å².